The van der Waals surface area contributed by atoms with Gasteiger partial charge in [0.15, 0.2) is 0 Å². The summed E-state index contributed by atoms with van der Waals surface area (Å²) < 4.78 is 0. The van der Waals surface area contributed by atoms with E-state index in [1.807, 2.05) is 36.1 Å². The monoisotopic (exact) mass is 282 g/mol. The molecule has 1 aromatic carbocycles. The van der Waals surface area contributed by atoms with Crippen LogP contribution in [0.2, 0.25) is 0 Å². The van der Waals surface area contributed by atoms with Gasteiger partial charge in [-0.3, -0.25) is 14.8 Å². The fourth-order valence-corrected chi connectivity index (χ4v) is 2.58. The predicted octanol–water partition coefficient (Wildman–Crippen LogP) is 2.78. The van der Waals surface area contributed by atoms with E-state index in [4.69, 9.17) is 0 Å². The zero-order valence-electron chi connectivity index (χ0n) is 12.0. The zero-order chi connectivity index (χ0) is 14.7. The molecule has 2 heterocycles. The highest BCUT2D eigenvalue weighted by Gasteiger charge is 2.24. The Morgan fingerprint density at radius 2 is 2.14 bits per heavy atom. The first-order chi connectivity index (χ1) is 10.3. The molecule has 1 amide bonds. The number of nitrogens with one attached hydrogen (secondary N) is 1. The quantitative estimate of drug-likeness (QED) is 0.936. The number of amides is 1. The molecule has 1 fully saturated rings. The van der Waals surface area contributed by atoms with Gasteiger partial charge in [0.1, 0.15) is 0 Å². The van der Waals surface area contributed by atoms with E-state index in [-0.39, 0.29) is 11.9 Å². The van der Waals surface area contributed by atoms with Gasteiger partial charge in [0.25, 0.3) is 0 Å². The van der Waals surface area contributed by atoms with Gasteiger partial charge >= 0.3 is 0 Å². The Bertz CT molecular complexity index is 629. The zero-order valence-corrected chi connectivity index (χ0v) is 12.0. The summed E-state index contributed by atoms with van der Waals surface area (Å²) in [5, 5.41) is 3.43. The second kappa shape index (κ2) is 5.91. The number of anilines is 2. The van der Waals surface area contributed by atoms with Crippen LogP contribution in [-0.4, -0.2) is 22.4 Å². The van der Waals surface area contributed by atoms with E-state index in [0.717, 1.165) is 30.0 Å². The Labute approximate surface area is 124 Å². The van der Waals surface area contributed by atoms with Crippen LogP contribution in [0.1, 0.15) is 31.5 Å². The minimum atomic E-state index is 0.0255. The van der Waals surface area contributed by atoms with Gasteiger partial charge in [0.2, 0.25) is 5.91 Å². The van der Waals surface area contributed by atoms with Gasteiger partial charge < -0.3 is 10.2 Å². The van der Waals surface area contributed by atoms with Crippen LogP contribution < -0.4 is 10.2 Å². The molecule has 0 aliphatic carbocycles. The van der Waals surface area contributed by atoms with Gasteiger partial charge in [-0.25, -0.2) is 0 Å². The summed E-state index contributed by atoms with van der Waals surface area (Å²) in [6, 6.07) is 7.93. The van der Waals surface area contributed by atoms with Crippen LogP contribution in [-0.2, 0) is 4.79 Å². The van der Waals surface area contributed by atoms with Crippen molar-refractivity contribution in [2.45, 2.75) is 25.8 Å². The lowest BCUT2D eigenvalue weighted by atomic mass is 10.2. The van der Waals surface area contributed by atoms with E-state index >= 15 is 0 Å². The number of hydrogen-bond donors (Lipinski definition) is 1. The molecule has 21 heavy (non-hydrogen) atoms. The molecule has 1 aromatic heterocycles. The molecular formula is C16H18N4O. The normalized spacial score (nSPS) is 16.0. The van der Waals surface area contributed by atoms with Gasteiger partial charge in [-0.2, -0.15) is 0 Å². The number of carbonyl (C=O) groups excluding carboxylic acids is 1. The first-order valence-electron chi connectivity index (χ1n) is 7.17. The van der Waals surface area contributed by atoms with E-state index in [2.05, 4.69) is 15.3 Å². The van der Waals surface area contributed by atoms with Gasteiger partial charge in [-0.1, -0.05) is 12.1 Å². The molecule has 1 atom stereocenters. The Morgan fingerprint density at radius 3 is 2.86 bits per heavy atom. The lowest BCUT2D eigenvalue weighted by Gasteiger charge is -2.22. The largest absolute Gasteiger partial charge is 0.375 e. The van der Waals surface area contributed by atoms with Crippen LogP contribution in [0.15, 0.2) is 42.9 Å². The van der Waals surface area contributed by atoms with Crippen molar-refractivity contribution in [3.8, 4) is 0 Å². The maximum absolute atomic E-state index is 12.0. The summed E-state index contributed by atoms with van der Waals surface area (Å²) in [5.41, 5.74) is 2.77. The fourth-order valence-electron chi connectivity index (χ4n) is 2.58. The third-order valence-electron chi connectivity index (χ3n) is 3.67. The van der Waals surface area contributed by atoms with Crippen LogP contribution in [0.25, 0.3) is 0 Å². The van der Waals surface area contributed by atoms with Crippen molar-refractivity contribution in [2.75, 3.05) is 16.8 Å². The minimum Gasteiger partial charge on any atom is -0.375 e. The van der Waals surface area contributed by atoms with Gasteiger partial charge in [-0.05, 0) is 25.5 Å². The first kappa shape index (κ1) is 13.5. The molecule has 5 nitrogen and oxygen atoms in total. The average Bonchev–Trinajstić information content (AvgIpc) is 2.95. The SMILES string of the molecule is CC(Nc1ccccc1N1CCCC1=O)c1cnccn1. The molecule has 1 unspecified atom stereocenters. The minimum absolute atomic E-state index is 0.0255. The predicted molar refractivity (Wildman–Crippen MR) is 82.1 cm³/mol. The van der Waals surface area contributed by atoms with Crippen molar-refractivity contribution in [2.24, 2.45) is 0 Å². The molecule has 108 valence electrons. The molecule has 0 spiro atoms. The summed E-state index contributed by atoms with van der Waals surface area (Å²) in [6.45, 7) is 2.82. The van der Waals surface area contributed by atoms with Gasteiger partial charge in [0, 0.05) is 25.4 Å². The topological polar surface area (TPSA) is 58.1 Å². The number of benzene rings is 1. The van der Waals surface area contributed by atoms with Crippen LogP contribution in [0.5, 0.6) is 0 Å². The van der Waals surface area contributed by atoms with Gasteiger partial charge in [-0.15, -0.1) is 0 Å². The number of para-hydroxylation sites is 2. The van der Waals surface area contributed by atoms with Crippen LogP contribution >= 0.6 is 0 Å². The highest BCUT2D eigenvalue weighted by atomic mass is 16.2. The third-order valence-corrected chi connectivity index (χ3v) is 3.67. The number of rotatable bonds is 4. The van der Waals surface area contributed by atoms with Crippen LogP contribution in [0, 0.1) is 0 Å². The van der Waals surface area contributed by atoms with Crippen molar-refractivity contribution in [1.82, 2.24) is 9.97 Å². The molecule has 2 aromatic rings. The molecule has 5 heteroatoms. The first-order valence-corrected chi connectivity index (χ1v) is 7.17. The van der Waals surface area contributed by atoms with E-state index in [0.29, 0.717) is 6.42 Å². The lowest BCUT2D eigenvalue weighted by Crippen LogP contribution is -2.25. The Hall–Kier alpha value is -2.43. The molecule has 1 aliphatic rings. The Balaban J connectivity index is 1.84. The Kier molecular flexibility index (Phi) is 3.81. The third kappa shape index (κ3) is 2.86. The molecule has 3 rings (SSSR count). The summed E-state index contributed by atoms with van der Waals surface area (Å²) >= 11 is 0. The molecular weight excluding hydrogens is 264 g/mol. The Morgan fingerprint density at radius 1 is 1.29 bits per heavy atom. The lowest BCUT2D eigenvalue weighted by molar-refractivity contribution is -0.117. The maximum Gasteiger partial charge on any atom is 0.227 e. The molecule has 1 aliphatic heterocycles. The fraction of sp³-hybridized carbons (Fsp3) is 0.312. The molecule has 0 saturated carbocycles. The second-order valence-electron chi connectivity index (χ2n) is 5.16. The van der Waals surface area contributed by atoms with Crippen molar-refractivity contribution in [3.63, 3.8) is 0 Å². The van der Waals surface area contributed by atoms with Crippen molar-refractivity contribution in [1.29, 1.82) is 0 Å². The van der Waals surface area contributed by atoms with Crippen molar-refractivity contribution in [3.05, 3.63) is 48.5 Å². The second-order valence-corrected chi connectivity index (χ2v) is 5.16. The summed E-state index contributed by atoms with van der Waals surface area (Å²) in [7, 11) is 0. The number of hydrogen-bond acceptors (Lipinski definition) is 4. The highest BCUT2D eigenvalue weighted by molar-refractivity contribution is 5.98. The number of nitrogens with zero attached hydrogens (tertiary/aromatic N) is 3. The number of carbonyl (C=O) groups is 1. The smallest absolute Gasteiger partial charge is 0.227 e. The standard InChI is InChI=1S/C16H18N4O/c1-12(14-11-17-8-9-18-14)19-13-5-2-3-6-15(13)20-10-4-7-16(20)21/h2-3,5-6,8-9,11-12,19H,4,7,10H2,1H3. The molecule has 0 bridgehead atoms. The van der Waals surface area contributed by atoms with E-state index in [1.54, 1.807) is 18.6 Å². The van der Waals surface area contributed by atoms with Crippen LogP contribution in [0.4, 0.5) is 11.4 Å². The van der Waals surface area contributed by atoms with Crippen LogP contribution in [0.3, 0.4) is 0 Å². The summed E-state index contributed by atoms with van der Waals surface area (Å²) in [4.78, 5) is 22.2. The summed E-state index contributed by atoms with van der Waals surface area (Å²) in [6.07, 6.45) is 6.65. The van der Waals surface area contributed by atoms with Crippen molar-refractivity contribution >= 4 is 17.3 Å². The van der Waals surface area contributed by atoms with Crippen molar-refractivity contribution < 1.29 is 4.79 Å². The number of aromatic nitrogens is 2. The van der Waals surface area contributed by atoms with E-state index in [9.17, 15) is 4.79 Å². The highest BCUT2D eigenvalue weighted by Crippen LogP contribution is 2.31. The van der Waals surface area contributed by atoms with E-state index in [1.165, 1.54) is 0 Å². The molecule has 1 saturated heterocycles. The van der Waals surface area contributed by atoms with Gasteiger partial charge in [0.05, 0.1) is 29.3 Å². The maximum atomic E-state index is 12.0. The average molecular weight is 282 g/mol. The summed E-state index contributed by atoms with van der Waals surface area (Å²) in [5.74, 6) is 0.191. The molecule has 1 N–H and O–H groups in total. The van der Waals surface area contributed by atoms with E-state index < -0.39 is 0 Å². The molecule has 0 radical (unpaired) electrons.